The molecule has 6 heteroatoms. The maximum Gasteiger partial charge on any atom is 0.247 e. The summed E-state index contributed by atoms with van der Waals surface area (Å²) in [6.45, 7) is 2.00. The molecule has 126 valence electrons. The van der Waals surface area contributed by atoms with Crippen molar-refractivity contribution in [2.75, 3.05) is 11.1 Å². The highest BCUT2D eigenvalue weighted by atomic mass is 15.4. The number of anilines is 3. The van der Waals surface area contributed by atoms with Gasteiger partial charge in [-0.05, 0) is 48.9 Å². The molecule has 0 atom stereocenters. The molecule has 0 aliphatic rings. The van der Waals surface area contributed by atoms with E-state index in [0.717, 1.165) is 28.2 Å². The third-order valence-electron chi connectivity index (χ3n) is 4.25. The molecule has 0 amide bonds. The first kappa shape index (κ1) is 15.7. The van der Waals surface area contributed by atoms with Gasteiger partial charge in [0, 0.05) is 16.9 Å². The molecule has 0 fully saturated rings. The van der Waals surface area contributed by atoms with Crippen molar-refractivity contribution in [1.29, 1.82) is 5.26 Å². The van der Waals surface area contributed by atoms with Gasteiger partial charge < -0.3 is 11.1 Å². The number of hydrogen-bond donors (Lipinski definition) is 2. The molecule has 0 saturated carbocycles. The van der Waals surface area contributed by atoms with Crippen LogP contribution in [0.2, 0.25) is 0 Å². The zero-order chi connectivity index (χ0) is 18.1. The Morgan fingerprint density at radius 2 is 1.81 bits per heavy atom. The number of nitrogens with two attached hydrogens (primary N) is 1. The first-order valence-electron chi connectivity index (χ1n) is 8.14. The summed E-state index contributed by atoms with van der Waals surface area (Å²) in [5.74, 6) is 0.449. The van der Waals surface area contributed by atoms with Crippen molar-refractivity contribution < 1.29 is 0 Å². The van der Waals surface area contributed by atoms with E-state index in [4.69, 9.17) is 5.73 Å². The van der Waals surface area contributed by atoms with Crippen molar-refractivity contribution in [3.05, 3.63) is 71.9 Å². The van der Waals surface area contributed by atoms with Crippen molar-refractivity contribution in [2.24, 2.45) is 0 Å². The number of fused-ring (bicyclic) bond motifs is 1. The summed E-state index contributed by atoms with van der Waals surface area (Å²) in [4.78, 5) is 4.50. The van der Waals surface area contributed by atoms with Crippen LogP contribution in [0.25, 0.3) is 16.8 Å². The fourth-order valence-corrected chi connectivity index (χ4v) is 2.90. The van der Waals surface area contributed by atoms with E-state index in [0.29, 0.717) is 17.2 Å². The van der Waals surface area contributed by atoms with Crippen LogP contribution in [-0.2, 0) is 0 Å². The number of rotatable bonds is 3. The number of benzene rings is 2. The Kier molecular flexibility index (Phi) is 3.75. The first-order valence-corrected chi connectivity index (χ1v) is 8.14. The predicted octanol–water partition coefficient (Wildman–Crippen LogP) is 3.90. The van der Waals surface area contributed by atoms with Crippen LogP contribution in [0.1, 0.15) is 11.3 Å². The molecule has 4 aromatic rings. The molecule has 0 bridgehead atoms. The zero-order valence-electron chi connectivity index (χ0n) is 14.1. The lowest BCUT2D eigenvalue weighted by Gasteiger charge is -2.07. The number of nitriles is 1. The van der Waals surface area contributed by atoms with Gasteiger partial charge in [0.2, 0.25) is 5.95 Å². The maximum absolute atomic E-state index is 9.22. The molecule has 2 aromatic carbocycles. The Hall–Kier alpha value is -3.85. The highest BCUT2D eigenvalue weighted by Crippen LogP contribution is 2.26. The smallest absolute Gasteiger partial charge is 0.247 e. The van der Waals surface area contributed by atoms with Crippen LogP contribution in [-0.4, -0.2) is 14.6 Å². The van der Waals surface area contributed by atoms with E-state index in [1.165, 1.54) is 0 Å². The van der Waals surface area contributed by atoms with Crippen LogP contribution < -0.4 is 11.1 Å². The molecule has 6 nitrogen and oxygen atoms in total. The zero-order valence-corrected chi connectivity index (χ0v) is 14.1. The van der Waals surface area contributed by atoms with Gasteiger partial charge in [0.15, 0.2) is 5.65 Å². The van der Waals surface area contributed by atoms with Gasteiger partial charge in [0.25, 0.3) is 0 Å². The summed E-state index contributed by atoms with van der Waals surface area (Å²) in [6.07, 6.45) is 0. The number of para-hydroxylation sites is 1. The molecule has 0 aliphatic carbocycles. The highest BCUT2D eigenvalue weighted by molar-refractivity contribution is 5.70. The Bertz CT molecular complexity index is 1140. The Morgan fingerprint density at radius 3 is 2.58 bits per heavy atom. The van der Waals surface area contributed by atoms with Gasteiger partial charge in [-0.2, -0.15) is 10.2 Å². The maximum atomic E-state index is 9.22. The number of pyridine rings is 1. The lowest BCUT2D eigenvalue weighted by Crippen LogP contribution is -1.98. The Labute approximate surface area is 150 Å². The molecule has 4 rings (SSSR count). The van der Waals surface area contributed by atoms with Crippen molar-refractivity contribution in [3.63, 3.8) is 0 Å². The predicted molar refractivity (Wildman–Crippen MR) is 102 cm³/mol. The van der Waals surface area contributed by atoms with Crippen LogP contribution in [0.3, 0.4) is 0 Å². The second kappa shape index (κ2) is 6.22. The molecule has 0 saturated heterocycles. The van der Waals surface area contributed by atoms with E-state index in [9.17, 15) is 5.26 Å². The molecular weight excluding hydrogens is 324 g/mol. The summed E-state index contributed by atoms with van der Waals surface area (Å²) in [5.41, 5.74) is 11.6. The minimum absolute atomic E-state index is 0.449. The van der Waals surface area contributed by atoms with Gasteiger partial charge in [-0.3, -0.25) is 0 Å². The van der Waals surface area contributed by atoms with E-state index in [-0.39, 0.29) is 0 Å². The first-order chi connectivity index (χ1) is 12.7. The summed E-state index contributed by atoms with van der Waals surface area (Å²) >= 11 is 0. The molecule has 0 spiro atoms. The van der Waals surface area contributed by atoms with E-state index >= 15 is 0 Å². The average Bonchev–Trinajstić information content (AvgIpc) is 3.07. The lowest BCUT2D eigenvalue weighted by atomic mass is 10.0. The fraction of sp³-hybridized carbons (Fsp3) is 0.0500. The third kappa shape index (κ3) is 2.72. The Balaban J connectivity index is 1.75. The van der Waals surface area contributed by atoms with Gasteiger partial charge in [-0.15, -0.1) is 5.10 Å². The normalized spacial score (nSPS) is 10.6. The van der Waals surface area contributed by atoms with E-state index in [1.807, 2.05) is 61.5 Å². The van der Waals surface area contributed by atoms with Crippen LogP contribution in [0.4, 0.5) is 17.3 Å². The van der Waals surface area contributed by atoms with E-state index in [2.05, 4.69) is 21.5 Å². The highest BCUT2D eigenvalue weighted by Gasteiger charge is 2.11. The molecule has 26 heavy (non-hydrogen) atoms. The SMILES string of the molecule is Cc1c(-c2ccc(N)cc2)ccc2nc(Nc3ccccc3C#N)nn12. The van der Waals surface area contributed by atoms with Crippen molar-refractivity contribution in [2.45, 2.75) is 6.92 Å². The molecule has 0 radical (unpaired) electrons. The molecular formula is C20H16N6. The molecule has 2 aromatic heterocycles. The van der Waals surface area contributed by atoms with E-state index < -0.39 is 0 Å². The quantitative estimate of drug-likeness (QED) is 0.552. The molecule has 0 unspecified atom stereocenters. The molecule has 2 heterocycles. The van der Waals surface area contributed by atoms with Gasteiger partial charge in [0.1, 0.15) is 6.07 Å². The van der Waals surface area contributed by atoms with Gasteiger partial charge >= 0.3 is 0 Å². The number of aromatic nitrogens is 3. The van der Waals surface area contributed by atoms with Crippen LogP contribution in [0, 0.1) is 18.3 Å². The standard InChI is InChI=1S/C20H16N6/c1-13-17(14-6-8-16(22)9-7-14)10-11-19-24-20(25-26(13)19)23-18-5-3-2-4-15(18)12-21/h2-11H,22H2,1H3,(H,23,25). The topological polar surface area (TPSA) is 92.0 Å². The average molecular weight is 340 g/mol. The van der Waals surface area contributed by atoms with Gasteiger partial charge in [-0.1, -0.05) is 24.3 Å². The van der Waals surface area contributed by atoms with Gasteiger partial charge in [-0.25, -0.2) is 4.52 Å². The number of aryl methyl sites for hydroxylation is 1. The number of nitrogens with one attached hydrogen (secondary N) is 1. The second-order valence-electron chi connectivity index (χ2n) is 5.94. The van der Waals surface area contributed by atoms with E-state index in [1.54, 1.807) is 10.6 Å². The summed E-state index contributed by atoms with van der Waals surface area (Å²) < 4.78 is 1.79. The molecule has 3 N–H and O–H groups in total. The fourth-order valence-electron chi connectivity index (χ4n) is 2.90. The number of hydrogen-bond acceptors (Lipinski definition) is 5. The number of nitrogen functional groups attached to an aromatic ring is 1. The van der Waals surface area contributed by atoms with Crippen molar-refractivity contribution in [1.82, 2.24) is 14.6 Å². The molecule has 0 aliphatic heterocycles. The monoisotopic (exact) mass is 340 g/mol. The third-order valence-corrected chi connectivity index (χ3v) is 4.25. The summed E-state index contributed by atoms with van der Waals surface area (Å²) in [6, 6.07) is 21.1. The van der Waals surface area contributed by atoms with Crippen LogP contribution in [0.5, 0.6) is 0 Å². The largest absolute Gasteiger partial charge is 0.399 e. The van der Waals surface area contributed by atoms with Gasteiger partial charge in [0.05, 0.1) is 11.3 Å². The van der Waals surface area contributed by atoms with Crippen molar-refractivity contribution >= 4 is 23.0 Å². The summed E-state index contributed by atoms with van der Waals surface area (Å²) in [5, 5.41) is 16.9. The second-order valence-corrected chi connectivity index (χ2v) is 5.94. The van der Waals surface area contributed by atoms with Crippen LogP contribution in [0.15, 0.2) is 60.7 Å². The minimum Gasteiger partial charge on any atom is -0.399 e. The number of nitrogens with zero attached hydrogens (tertiary/aromatic N) is 4. The Morgan fingerprint density at radius 1 is 1.04 bits per heavy atom. The lowest BCUT2D eigenvalue weighted by molar-refractivity contribution is 0.921. The summed E-state index contributed by atoms with van der Waals surface area (Å²) in [7, 11) is 0. The van der Waals surface area contributed by atoms with Crippen molar-refractivity contribution in [3.8, 4) is 17.2 Å². The van der Waals surface area contributed by atoms with Crippen LogP contribution >= 0.6 is 0 Å². The minimum atomic E-state index is 0.449.